The molecule has 2 nitrogen and oxygen atoms in total. The van der Waals surface area contributed by atoms with Crippen LogP contribution in [0.1, 0.15) is 27.8 Å². The minimum absolute atomic E-state index is 1.10. The first-order valence-corrected chi connectivity index (χ1v) is 29.5. The number of hydrogen-bond donors (Lipinski definition) is 0. The van der Waals surface area contributed by atoms with E-state index in [2.05, 4.69) is 342 Å². The fourth-order valence-corrected chi connectivity index (χ4v) is 12.8. The molecule has 0 amide bonds. The van der Waals surface area contributed by atoms with Crippen molar-refractivity contribution in [3.8, 4) is 66.8 Å². The number of hydrogen-bond acceptors (Lipinski definition) is 2. The summed E-state index contributed by atoms with van der Waals surface area (Å²) in [4.78, 5) is 4.97. The van der Waals surface area contributed by atoms with Gasteiger partial charge < -0.3 is 9.80 Å². The van der Waals surface area contributed by atoms with E-state index in [0.717, 1.165) is 34.1 Å². The van der Waals surface area contributed by atoms with Gasteiger partial charge in [-0.05, 0) is 200 Å². The van der Waals surface area contributed by atoms with Gasteiger partial charge in [-0.2, -0.15) is 0 Å². The van der Waals surface area contributed by atoms with Crippen LogP contribution in [0.2, 0.25) is 0 Å². The summed E-state index contributed by atoms with van der Waals surface area (Å²) in [7, 11) is 0. The second-order valence-corrected chi connectivity index (χ2v) is 22.8. The number of anilines is 6. The lowest BCUT2D eigenvalue weighted by molar-refractivity contribution is 1.25. The van der Waals surface area contributed by atoms with Gasteiger partial charge in [0, 0.05) is 33.5 Å². The van der Waals surface area contributed by atoms with E-state index >= 15 is 0 Å². The van der Waals surface area contributed by atoms with E-state index in [9.17, 15) is 0 Å². The fourth-order valence-electron chi connectivity index (χ4n) is 12.8. The van der Waals surface area contributed by atoms with Crippen molar-refractivity contribution >= 4 is 66.4 Å². The maximum Gasteiger partial charge on any atom is 0.0546 e. The summed E-state index contributed by atoms with van der Waals surface area (Å²) in [6.45, 7) is 11.1. The molecular formula is C83H64N2. The number of fused-ring (bicyclic) bond motifs is 5. The van der Waals surface area contributed by atoms with Gasteiger partial charge in [-0.1, -0.05) is 248 Å². The average molecular weight is 1090 g/mol. The summed E-state index contributed by atoms with van der Waals surface area (Å²) in [6, 6.07) is 110. The van der Waals surface area contributed by atoms with Crippen molar-refractivity contribution in [2.24, 2.45) is 0 Å². The maximum absolute atomic E-state index is 2.49. The van der Waals surface area contributed by atoms with Gasteiger partial charge in [0.05, 0.1) is 11.4 Å². The molecule has 0 bridgehead atoms. The van der Waals surface area contributed by atoms with Gasteiger partial charge >= 0.3 is 0 Å². The summed E-state index contributed by atoms with van der Waals surface area (Å²) in [5, 5.41) is 7.17. The second-order valence-electron chi connectivity index (χ2n) is 22.8. The molecule has 0 aliphatic carbocycles. The molecule has 0 spiro atoms. The highest BCUT2D eigenvalue weighted by atomic mass is 15.2. The van der Waals surface area contributed by atoms with Crippen molar-refractivity contribution < 1.29 is 0 Å². The molecule has 14 aromatic rings. The lowest BCUT2D eigenvalue weighted by atomic mass is 9.92. The summed E-state index contributed by atoms with van der Waals surface area (Å²) in [6.07, 6.45) is 0. The molecule has 0 aromatic heterocycles. The molecule has 0 fully saturated rings. The van der Waals surface area contributed by atoms with E-state index in [4.69, 9.17) is 0 Å². The molecule has 406 valence electrons. The molecule has 2 heteroatoms. The zero-order valence-electron chi connectivity index (χ0n) is 48.7. The molecule has 0 heterocycles. The summed E-state index contributed by atoms with van der Waals surface area (Å²) in [5.74, 6) is 0. The van der Waals surface area contributed by atoms with Gasteiger partial charge in [0.15, 0.2) is 0 Å². The van der Waals surface area contributed by atoms with Crippen molar-refractivity contribution in [3.63, 3.8) is 0 Å². The smallest absolute Gasteiger partial charge is 0.0546 e. The molecule has 0 saturated carbocycles. The third kappa shape index (κ3) is 10.1. The number of nitrogens with zero attached hydrogens (tertiary/aromatic N) is 2. The minimum atomic E-state index is 1.10. The van der Waals surface area contributed by atoms with Crippen LogP contribution in [0.3, 0.4) is 0 Å². The quantitative estimate of drug-likeness (QED) is 0.113. The number of rotatable bonds is 12. The molecular weight excluding hydrogens is 1020 g/mol. The molecule has 0 radical (unpaired) electrons. The first kappa shape index (κ1) is 52.5. The topological polar surface area (TPSA) is 6.48 Å². The predicted molar refractivity (Wildman–Crippen MR) is 365 cm³/mol. The minimum Gasteiger partial charge on any atom is -0.310 e. The van der Waals surface area contributed by atoms with Crippen LogP contribution >= 0.6 is 0 Å². The Morgan fingerprint density at radius 1 is 0.188 bits per heavy atom. The van der Waals surface area contributed by atoms with Crippen LogP contribution in [0.25, 0.3) is 99.1 Å². The third-order valence-electron chi connectivity index (χ3n) is 17.1. The van der Waals surface area contributed by atoms with E-state index in [0.29, 0.717) is 0 Å². The molecule has 0 aliphatic heterocycles. The lowest BCUT2D eigenvalue weighted by Gasteiger charge is -2.31. The molecule has 0 atom stereocenters. The first-order valence-electron chi connectivity index (χ1n) is 29.5. The molecule has 14 rings (SSSR count). The maximum atomic E-state index is 2.49. The Balaban J connectivity index is 0.857. The summed E-state index contributed by atoms with van der Waals surface area (Å²) >= 11 is 0. The molecule has 0 unspecified atom stereocenters. The van der Waals surface area contributed by atoms with E-state index in [1.54, 1.807) is 0 Å². The van der Waals surface area contributed by atoms with Crippen molar-refractivity contribution in [2.75, 3.05) is 9.80 Å². The Kier molecular flexibility index (Phi) is 13.8. The van der Waals surface area contributed by atoms with Gasteiger partial charge in [-0.3, -0.25) is 0 Å². The van der Waals surface area contributed by atoms with Crippen LogP contribution in [-0.4, -0.2) is 0 Å². The van der Waals surface area contributed by atoms with Gasteiger partial charge in [-0.15, -0.1) is 0 Å². The Bertz CT molecular complexity index is 4790. The number of benzene rings is 14. The highest BCUT2D eigenvalue weighted by Crippen LogP contribution is 2.49. The van der Waals surface area contributed by atoms with Crippen LogP contribution in [0.15, 0.2) is 297 Å². The number of aryl methyl sites for hydroxylation is 5. The Labute approximate surface area is 499 Å². The zero-order chi connectivity index (χ0) is 57.5. The van der Waals surface area contributed by atoms with E-state index < -0.39 is 0 Å². The van der Waals surface area contributed by atoms with Crippen LogP contribution < -0.4 is 9.80 Å². The van der Waals surface area contributed by atoms with E-state index in [-0.39, 0.29) is 0 Å². The zero-order valence-corrected chi connectivity index (χ0v) is 48.7. The second kappa shape index (κ2) is 22.3. The SMILES string of the molecule is Cc1ccc(N(c2ccc(-c3ccc(-c4cccc(-c5ccccc5)c4)cc3)cc2)c2cc3c4ccccc4c(N(c4ccc(-c5ccc(-c6cccc(-c7ccccc7)c6)cc5C)cc4)c4ccc(C)cc4C)cc3c3ccccc23)c(C)c1. The van der Waals surface area contributed by atoms with Gasteiger partial charge in [0.2, 0.25) is 0 Å². The largest absolute Gasteiger partial charge is 0.310 e. The van der Waals surface area contributed by atoms with E-state index in [1.165, 1.54) is 127 Å². The van der Waals surface area contributed by atoms with Crippen LogP contribution in [0.5, 0.6) is 0 Å². The van der Waals surface area contributed by atoms with E-state index in [1.807, 2.05) is 0 Å². The molecule has 0 N–H and O–H groups in total. The Hall–Kier alpha value is -10.5. The average Bonchev–Trinajstić information content (AvgIpc) is 1.03. The Morgan fingerprint density at radius 3 is 0.941 bits per heavy atom. The van der Waals surface area contributed by atoms with Crippen LogP contribution in [0, 0.1) is 34.6 Å². The highest BCUT2D eigenvalue weighted by Gasteiger charge is 2.24. The molecule has 85 heavy (non-hydrogen) atoms. The summed E-state index contributed by atoms with van der Waals surface area (Å²) in [5.41, 5.74) is 27.4. The normalized spacial score (nSPS) is 11.4. The monoisotopic (exact) mass is 1090 g/mol. The lowest BCUT2D eigenvalue weighted by Crippen LogP contribution is -2.13. The van der Waals surface area contributed by atoms with Crippen molar-refractivity contribution in [2.45, 2.75) is 34.6 Å². The standard InChI is InChI=1S/C83H64N2/c1-55-30-46-80(58(4)48-55)84(71-41-36-63(37-42-71)62-32-34-64(35-33-62)68-24-16-22-66(51-68)60-18-8-6-9-19-60)82-53-78-75-27-13-15-29-77(75)83(54-79(78)74-26-12-14-28-76(74)82)85(81-47-31-56(2)49-59(81)5)72-43-38-65(39-44-72)73-45-40-70(50-57(73)3)69-25-17-23-67(52-69)61-20-10-7-11-21-61/h6-54H,1-5H3. The molecule has 0 saturated heterocycles. The van der Waals surface area contributed by atoms with Gasteiger partial charge in [0.1, 0.15) is 0 Å². The molecule has 14 aromatic carbocycles. The predicted octanol–water partition coefficient (Wildman–Crippen LogP) is 23.6. The van der Waals surface area contributed by atoms with Crippen molar-refractivity contribution in [3.05, 3.63) is 325 Å². The first-order chi connectivity index (χ1) is 41.7. The summed E-state index contributed by atoms with van der Waals surface area (Å²) < 4.78 is 0. The fraction of sp³-hybridized carbons (Fsp3) is 0.0602. The van der Waals surface area contributed by atoms with Crippen molar-refractivity contribution in [1.82, 2.24) is 0 Å². The van der Waals surface area contributed by atoms with Gasteiger partial charge in [0.25, 0.3) is 0 Å². The van der Waals surface area contributed by atoms with Crippen molar-refractivity contribution in [1.29, 1.82) is 0 Å². The Morgan fingerprint density at radius 2 is 0.518 bits per heavy atom. The van der Waals surface area contributed by atoms with Crippen LogP contribution in [0.4, 0.5) is 34.1 Å². The van der Waals surface area contributed by atoms with Gasteiger partial charge in [-0.25, -0.2) is 0 Å². The third-order valence-corrected chi connectivity index (χ3v) is 17.1. The molecule has 0 aliphatic rings. The van der Waals surface area contributed by atoms with Crippen LogP contribution in [-0.2, 0) is 0 Å². The highest BCUT2D eigenvalue weighted by molar-refractivity contribution is 6.24.